The highest BCUT2D eigenvalue weighted by Gasteiger charge is 2.45. The number of anilines is 1. The van der Waals surface area contributed by atoms with E-state index >= 15 is 0 Å². The Morgan fingerprint density at radius 3 is 2.33 bits per heavy atom. The van der Waals surface area contributed by atoms with Gasteiger partial charge in [-0.2, -0.15) is 0 Å². The Bertz CT molecular complexity index is 929. The van der Waals surface area contributed by atoms with Crippen LogP contribution in [0.15, 0.2) is 59.9 Å². The van der Waals surface area contributed by atoms with Gasteiger partial charge in [-0.25, -0.2) is 0 Å². The Morgan fingerprint density at radius 2 is 1.70 bits per heavy atom. The number of carbonyl (C=O) groups excluding carboxylic acids is 2. The van der Waals surface area contributed by atoms with Gasteiger partial charge in [0.2, 0.25) is 0 Å². The second kappa shape index (κ2) is 7.27. The number of carbonyl (C=O) groups is 2. The van der Waals surface area contributed by atoms with Crippen LogP contribution >= 0.6 is 0 Å². The topological polar surface area (TPSA) is 77.8 Å². The first kappa shape index (κ1) is 18.7. The van der Waals surface area contributed by atoms with Crippen molar-refractivity contribution < 1.29 is 19.8 Å². The molecule has 0 aliphatic carbocycles. The molecule has 1 unspecified atom stereocenters. The van der Waals surface area contributed by atoms with E-state index in [9.17, 15) is 19.8 Å². The van der Waals surface area contributed by atoms with Gasteiger partial charge >= 0.3 is 0 Å². The number of aliphatic hydroxyl groups is 1. The molecule has 0 fully saturated rings. The fourth-order valence-electron chi connectivity index (χ4n) is 3.47. The van der Waals surface area contributed by atoms with Gasteiger partial charge in [0.15, 0.2) is 11.5 Å². The summed E-state index contributed by atoms with van der Waals surface area (Å²) in [5, 5.41) is 20.9. The molecule has 2 aromatic carbocycles. The number of aliphatic hydroxyl groups excluding tert-OH is 1. The highest BCUT2D eigenvalue weighted by Crippen LogP contribution is 2.44. The molecule has 0 bridgehead atoms. The number of benzene rings is 2. The number of ketones is 1. The summed E-state index contributed by atoms with van der Waals surface area (Å²) in [5.74, 6) is -1.49. The smallest absolute Gasteiger partial charge is 0.294 e. The number of aromatic hydroxyl groups is 1. The maximum absolute atomic E-state index is 12.9. The lowest BCUT2D eigenvalue weighted by molar-refractivity contribution is -0.118. The molecular weight excluding hydrogens is 342 g/mol. The number of nitrogens with zero attached hydrogens (tertiary/aromatic N) is 1. The normalized spacial score (nSPS) is 17.1. The predicted octanol–water partition coefficient (Wildman–Crippen LogP) is 4.22. The van der Waals surface area contributed by atoms with Crippen LogP contribution in [-0.4, -0.2) is 21.9 Å². The summed E-state index contributed by atoms with van der Waals surface area (Å²) < 4.78 is 0. The van der Waals surface area contributed by atoms with Crippen molar-refractivity contribution in [1.82, 2.24) is 0 Å². The molecular formula is C22H23NO4. The van der Waals surface area contributed by atoms with E-state index in [1.165, 1.54) is 11.0 Å². The van der Waals surface area contributed by atoms with E-state index in [-0.39, 0.29) is 35.1 Å². The van der Waals surface area contributed by atoms with E-state index in [1.54, 1.807) is 18.2 Å². The third kappa shape index (κ3) is 3.33. The Labute approximate surface area is 158 Å². The van der Waals surface area contributed by atoms with Crippen molar-refractivity contribution in [3.05, 3.63) is 71.0 Å². The molecule has 0 spiro atoms. The summed E-state index contributed by atoms with van der Waals surface area (Å²) >= 11 is 0. The molecule has 0 saturated heterocycles. The van der Waals surface area contributed by atoms with E-state index in [1.807, 2.05) is 45.0 Å². The summed E-state index contributed by atoms with van der Waals surface area (Å²) in [7, 11) is 0. The number of rotatable bonds is 5. The first-order valence-electron chi connectivity index (χ1n) is 8.96. The van der Waals surface area contributed by atoms with Gasteiger partial charge in [-0.15, -0.1) is 0 Å². The first-order chi connectivity index (χ1) is 12.8. The molecule has 1 aliphatic rings. The van der Waals surface area contributed by atoms with Gasteiger partial charge in [0.05, 0.1) is 17.3 Å². The zero-order valence-corrected chi connectivity index (χ0v) is 15.6. The molecule has 2 aromatic rings. The summed E-state index contributed by atoms with van der Waals surface area (Å²) in [6.45, 7) is 5.72. The molecule has 5 heteroatoms. The zero-order valence-electron chi connectivity index (χ0n) is 15.6. The minimum absolute atomic E-state index is 0.0876. The van der Waals surface area contributed by atoms with Crippen molar-refractivity contribution >= 4 is 17.4 Å². The molecule has 1 heterocycles. The van der Waals surface area contributed by atoms with Crippen molar-refractivity contribution in [2.24, 2.45) is 5.92 Å². The van der Waals surface area contributed by atoms with Crippen LogP contribution in [0.4, 0.5) is 5.69 Å². The van der Waals surface area contributed by atoms with Crippen LogP contribution in [0.3, 0.4) is 0 Å². The number of para-hydroxylation sites is 2. The van der Waals surface area contributed by atoms with Crippen molar-refractivity contribution in [3.63, 3.8) is 0 Å². The maximum Gasteiger partial charge on any atom is 0.294 e. The average molecular weight is 365 g/mol. The molecule has 140 valence electrons. The molecule has 0 radical (unpaired) electrons. The van der Waals surface area contributed by atoms with Gasteiger partial charge in [-0.3, -0.25) is 14.5 Å². The SMILES string of the molecule is Cc1ccccc1C1C(C(=O)CC(C)C)=C(O)C(=O)N1c1ccccc1O. The number of hydrogen-bond donors (Lipinski definition) is 2. The maximum atomic E-state index is 12.9. The Hall–Kier alpha value is -3.08. The quantitative estimate of drug-likeness (QED) is 0.832. The minimum Gasteiger partial charge on any atom is -0.506 e. The van der Waals surface area contributed by atoms with E-state index < -0.39 is 17.7 Å². The number of Topliss-reactive ketones (excluding diaryl/α,β-unsaturated/α-hetero) is 1. The predicted molar refractivity (Wildman–Crippen MR) is 104 cm³/mol. The Balaban J connectivity index is 2.21. The van der Waals surface area contributed by atoms with E-state index in [0.29, 0.717) is 0 Å². The fraction of sp³-hybridized carbons (Fsp3) is 0.273. The molecule has 27 heavy (non-hydrogen) atoms. The van der Waals surface area contributed by atoms with Crippen LogP contribution in [0, 0.1) is 12.8 Å². The average Bonchev–Trinajstić information content (AvgIpc) is 2.87. The first-order valence-corrected chi connectivity index (χ1v) is 8.96. The number of aryl methyl sites for hydroxylation is 1. The van der Waals surface area contributed by atoms with Crippen LogP contribution in [-0.2, 0) is 9.59 Å². The van der Waals surface area contributed by atoms with Crippen LogP contribution in [0.1, 0.15) is 37.4 Å². The Morgan fingerprint density at radius 1 is 1.07 bits per heavy atom. The largest absolute Gasteiger partial charge is 0.506 e. The van der Waals surface area contributed by atoms with Crippen LogP contribution < -0.4 is 4.90 Å². The third-order valence-corrected chi connectivity index (χ3v) is 4.73. The Kier molecular flexibility index (Phi) is 5.04. The summed E-state index contributed by atoms with van der Waals surface area (Å²) in [6.07, 6.45) is 0.226. The van der Waals surface area contributed by atoms with Gasteiger partial charge in [0, 0.05) is 6.42 Å². The molecule has 3 rings (SSSR count). The van der Waals surface area contributed by atoms with E-state index in [2.05, 4.69) is 0 Å². The van der Waals surface area contributed by atoms with Gasteiger partial charge in [-0.1, -0.05) is 50.2 Å². The summed E-state index contributed by atoms with van der Waals surface area (Å²) in [5.41, 5.74) is 1.98. The monoisotopic (exact) mass is 365 g/mol. The molecule has 5 nitrogen and oxygen atoms in total. The minimum atomic E-state index is -0.779. The highest BCUT2D eigenvalue weighted by atomic mass is 16.3. The number of hydrogen-bond acceptors (Lipinski definition) is 4. The summed E-state index contributed by atoms with van der Waals surface area (Å²) in [6, 6.07) is 13.1. The lowest BCUT2D eigenvalue weighted by Crippen LogP contribution is -2.31. The zero-order chi connectivity index (χ0) is 19.7. The summed E-state index contributed by atoms with van der Waals surface area (Å²) in [4.78, 5) is 27.1. The standard InChI is InChI=1S/C22H23NO4/c1-13(2)12-18(25)19-20(15-9-5-4-8-14(15)3)23(22(27)21(19)26)16-10-6-7-11-17(16)24/h4-11,13,20,24,26H,12H2,1-3H3. The van der Waals surface area contributed by atoms with Crippen LogP contribution in [0.25, 0.3) is 0 Å². The van der Waals surface area contributed by atoms with Crippen molar-refractivity contribution in [1.29, 1.82) is 0 Å². The van der Waals surface area contributed by atoms with Crippen LogP contribution in [0.5, 0.6) is 5.75 Å². The second-order valence-electron chi connectivity index (χ2n) is 7.21. The number of phenolic OH excluding ortho intramolecular Hbond substituents is 1. The molecule has 1 amide bonds. The van der Waals surface area contributed by atoms with Gasteiger partial charge in [0.25, 0.3) is 5.91 Å². The number of amides is 1. The van der Waals surface area contributed by atoms with Gasteiger partial charge in [-0.05, 0) is 36.1 Å². The van der Waals surface area contributed by atoms with Crippen molar-refractivity contribution in [2.45, 2.75) is 33.2 Å². The van der Waals surface area contributed by atoms with Gasteiger partial charge in [0.1, 0.15) is 5.75 Å². The molecule has 0 saturated carbocycles. The van der Waals surface area contributed by atoms with Crippen molar-refractivity contribution in [2.75, 3.05) is 4.90 Å². The molecule has 0 aromatic heterocycles. The lowest BCUT2D eigenvalue weighted by Gasteiger charge is -2.28. The molecule has 2 N–H and O–H groups in total. The lowest BCUT2D eigenvalue weighted by atomic mass is 9.90. The number of phenols is 1. The van der Waals surface area contributed by atoms with E-state index in [4.69, 9.17) is 0 Å². The van der Waals surface area contributed by atoms with Crippen molar-refractivity contribution in [3.8, 4) is 5.75 Å². The third-order valence-electron chi connectivity index (χ3n) is 4.73. The highest BCUT2D eigenvalue weighted by molar-refractivity contribution is 6.17. The fourth-order valence-corrected chi connectivity index (χ4v) is 3.47. The molecule has 1 atom stereocenters. The van der Waals surface area contributed by atoms with Gasteiger partial charge < -0.3 is 10.2 Å². The van der Waals surface area contributed by atoms with E-state index in [0.717, 1.165) is 11.1 Å². The molecule has 1 aliphatic heterocycles. The van der Waals surface area contributed by atoms with Crippen LogP contribution in [0.2, 0.25) is 0 Å². The second-order valence-corrected chi connectivity index (χ2v) is 7.21.